The molecule has 7 heteroatoms. The van der Waals surface area contributed by atoms with E-state index >= 15 is 0 Å². The normalized spacial score (nSPS) is 17.2. The summed E-state index contributed by atoms with van der Waals surface area (Å²) in [7, 11) is 0. The molecule has 0 spiro atoms. The Hall–Kier alpha value is -2.08. The minimum absolute atomic E-state index is 0.253. The zero-order valence-corrected chi connectivity index (χ0v) is 16.2. The summed E-state index contributed by atoms with van der Waals surface area (Å²) < 4.78 is 0. The van der Waals surface area contributed by atoms with Gasteiger partial charge in [-0.15, -0.1) is 0 Å². The average Bonchev–Trinajstić information content (AvgIpc) is 2.80. The molecule has 1 aliphatic rings. The van der Waals surface area contributed by atoms with Gasteiger partial charge >= 0.3 is 6.03 Å². The smallest absolute Gasteiger partial charge is 0.325 e. The van der Waals surface area contributed by atoms with Gasteiger partial charge in [0.25, 0.3) is 5.91 Å². The van der Waals surface area contributed by atoms with Gasteiger partial charge in [-0.1, -0.05) is 50.4 Å². The molecule has 1 aromatic carbocycles. The number of rotatable bonds is 8. The van der Waals surface area contributed by atoms with Crippen molar-refractivity contribution in [1.29, 1.82) is 0 Å². The number of amides is 4. The Kier molecular flexibility index (Phi) is 6.64. The molecule has 1 saturated heterocycles. The van der Waals surface area contributed by atoms with Crippen molar-refractivity contribution >= 4 is 29.4 Å². The molecule has 1 atom stereocenters. The number of carbonyl (C=O) groups is 3. The summed E-state index contributed by atoms with van der Waals surface area (Å²) in [5.41, 5.74) is 0.0223. The number of hydrogen-bond donors (Lipinski definition) is 2. The van der Waals surface area contributed by atoms with E-state index in [1.807, 2.05) is 32.9 Å². The first kappa shape index (κ1) is 20.2. The highest BCUT2D eigenvalue weighted by Crippen LogP contribution is 2.28. The van der Waals surface area contributed by atoms with Crippen LogP contribution in [0.4, 0.5) is 4.79 Å². The summed E-state index contributed by atoms with van der Waals surface area (Å²) >= 11 is 5.87. The van der Waals surface area contributed by atoms with Crippen LogP contribution in [0.15, 0.2) is 24.3 Å². The maximum Gasteiger partial charge on any atom is 0.325 e. The molecule has 6 nitrogen and oxygen atoms in total. The summed E-state index contributed by atoms with van der Waals surface area (Å²) in [5, 5.41) is 6.25. The molecule has 1 unspecified atom stereocenters. The SMILES string of the molecule is CCCC1(CCC)NC(=O)N(CC(=O)NC(C)c2ccc(Cl)cc2)C1=O. The van der Waals surface area contributed by atoms with Crippen LogP contribution in [0, 0.1) is 0 Å². The van der Waals surface area contributed by atoms with Crippen LogP contribution < -0.4 is 10.6 Å². The van der Waals surface area contributed by atoms with Gasteiger partial charge in [0.1, 0.15) is 12.1 Å². The number of nitrogens with one attached hydrogen (secondary N) is 2. The van der Waals surface area contributed by atoms with Gasteiger partial charge in [-0.05, 0) is 37.5 Å². The lowest BCUT2D eigenvalue weighted by atomic mass is 9.88. The van der Waals surface area contributed by atoms with E-state index in [1.54, 1.807) is 12.1 Å². The first-order valence-corrected chi connectivity index (χ1v) is 9.39. The minimum atomic E-state index is -0.872. The highest BCUT2D eigenvalue weighted by atomic mass is 35.5. The highest BCUT2D eigenvalue weighted by molar-refractivity contribution is 6.30. The van der Waals surface area contributed by atoms with E-state index in [2.05, 4.69) is 10.6 Å². The summed E-state index contributed by atoms with van der Waals surface area (Å²) in [6.07, 6.45) is 2.70. The molecule has 2 N–H and O–H groups in total. The van der Waals surface area contributed by atoms with Crippen LogP contribution in [-0.2, 0) is 9.59 Å². The van der Waals surface area contributed by atoms with Crippen molar-refractivity contribution < 1.29 is 14.4 Å². The Morgan fingerprint density at radius 3 is 2.31 bits per heavy atom. The second-order valence-electron chi connectivity index (χ2n) is 6.74. The molecule has 0 saturated carbocycles. The van der Waals surface area contributed by atoms with Crippen molar-refractivity contribution in [2.24, 2.45) is 0 Å². The molecular weight excluding hydrogens is 354 g/mol. The van der Waals surface area contributed by atoms with Crippen LogP contribution in [0.3, 0.4) is 0 Å². The van der Waals surface area contributed by atoms with Gasteiger partial charge in [-0.25, -0.2) is 4.79 Å². The van der Waals surface area contributed by atoms with E-state index < -0.39 is 11.6 Å². The minimum Gasteiger partial charge on any atom is -0.348 e. The molecule has 1 fully saturated rings. The molecule has 26 heavy (non-hydrogen) atoms. The van der Waals surface area contributed by atoms with Crippen LogP contribution >= 0.6 is 11.6 Å². The molecular formula is C19H26ClN3O3. The van der Waals surface area contributed by atoms with Crippen LogP contribution in [0.25, 0.3) is 0 Å². The number of imide groups is 1. The largest absolute Gasteiger partial charge is 0.348 e. The highest BCUT2D eigenvalue weighted by Gasteiger charge is 2.50. The van der Waals surface area contributed by atoms with Crippen molar-refractivity contribution in [2.75, 3.05) is 6.54 Å². The number of urea groups is 1. The van der Waals surface area contributed by atoms with Crippen LogP contribution in [-0.4, -0.2) is 34.8 Å². The molecule has 4 amide bonds. The fourth-order valence-electron chi connectivity index (χ4n) is 3.40. The van der Waals surface area contributed by atoms with E-state index in [0.717, 1.165) is 23.3 Å². The molecule has 142 valence electrons. The third-order valence-electron chi connectivity index (χ3n) is 4.65. The molecule has 0 aliphatic carbocycles. The maximum atomic E-state index is 12.8. The number of carbonyl (C=O) groups excluding carboxylic acids is 3. The van der Waals surface area contributed by atoms with Crippen molar-refractivity contribution in [1.82, 2.24) is 15.5 Å². The first-order chi connectivity index (χ1) is 12.3. The Morgan fingerprint density at radius 2 is 1.77 bits per heavy atom. The third kappa shape index (κ3) is 4.36. The van der Waals surface area contributed by atoms with Crippen molar-refractivity contribution in [3.63, 3.8) is 0 Å². The zero-order chi connectivity index (χ0) is 19.3. The fourth-order valence-corrected chi connectivity index (χ4v) is 3.53. The Bertz CT molecular complexity index is 669. The van der Waals surface area contributed by atoms with E-state index in [0.29, 0.717) is 17.9 Å². The summed E-state index contributed by atoms with van der Waals surface area (Å²) in [6.45, 7) is 5.50. The number of halogens is 1. The predicted octanol–water partition coefficient (Wildman–Crippen LogP) is 3.41. The number of hydrogen-bond acceptors (Lipinski definition) is 3. The van der Waals surface area contributed by atoms with Gasteiger partial charge in [0.2, 0.25) is 5.91 Å². The second-order valence-corrected chi connectivity index (χ2v) is 7.18. The van der Waals surface area contributed by atoms with Crippen LogP contribution in [0.5, 0.6) is 0 Å². The Balaban J connectivity index is 2.02. The maximum absolute atomic E-state index is 12.8. The van der Waals surface area contributed by atoms with E-state index in [1.165, 1.54) is 0 Å². The predicted molar refractivity (Wildman–Crippen MR) is 101 cm³/mol. The number of nitrogens with zero attached hydrogens (tertiary/aromatic N) is 1. The molecule has 1 aliphatic heterocycles. The number of benzene rings is 1. The monoisotopic (exact) mass is 379 g/mol. The van der Waals surface area contributed by atoms with E-state index in [-0.39, 0.29) is 24.4 Å². The topological polar surface area (TPSA) is 78.5 Å². The Labute approximate surface area is 159 Å². The van der Waals surface area contributed by atoms with Crippen LogP contribution in [0.2, 0.25) is 5.02 Å². The summed E-state index contributed by atoms with van der Waals surface area (Å²) in [6, 6.07) is 6.41. The molecule has 1 aromatic rings. The van der Waals surface area contributed by atoms with Gasteiger partial charge < -0.3 is 10.6 Å². The van der Waals surface area contributed by atoms with Crippen LogP contribution in [0.1, 0.15) is 58.1 Å². The van der Waals surface area contributed by atoms with E-state index in [4.69, 9.17) is 11.6 Å². The average molecular weight is 380 g/mol. The third-order valence-corrected chi connectivity index (χ3v) is 4.90. The molecule has 1 heterocycles. The molecule has 2 rings (SSSR count). The van der Waals surface area contributed by atoms with Crippen molar-refractivity contribution in [2.45, 2.75) is 58.0 Å². The lowest BCUT2D eigenvalue weighted by molar-refractivity contribution is -0.135. The summed E-state index contributed by atoms with van der Waals surface area (Å²) in [4.78, 5) is 38.5. The van der Waals surface area contributed by atoms with Gasteiger partial charge in [-0.2, -0.15) is 0 Å². The van der Waals surface area contributed by atoms with Crippen molar-refractivity contribution in [3.05, 3.63) is 34.9 Å². The quantitative estimate of drug-likeness (QED) is 0.679. The van der Waals surface area contributed by atoms with E-state index in [9.17, 15) is 14.4 Å². The second kappa shape index (κ2) is 8.54. The summed E-state index contributed by atoms with van der Waals surface area (Å²) in [5.74, 6) is -0.680. The molecule has 0 aromatic heterocycles. The van der Waals surface area contributed by atoms with Gasteiger partial charge in [-0.3, -0.25) is 14.5 Å². The fraction of sp³-hybridized carbons (Fsp3) is 0.526. The van der Waals surface area contributed by atoms with Crippen molar-refractivity contribution in [3.8, 4) is 0 Å². The first-order valence-electron chi connectivity index (χ1n) is 9.02. The molecule has 0 bridgehead atoms. The van der Waals surface area contributed by atoms with Gasteiger partial charge in [0, 0.05) is 5.02 Å². The molecule has 0 radical (unpaired) electrons. The standard InChI is InChI=1S/C19H26ClN3O3/c1-4-10-19(11-5-2)17(25)23(18(26)22-19)12-16(24)21-13(3)14-6-8-15(20)9-7-14/h6-9,13H,4-5,10-12H2,1-3H3,(H,21,24)(H,22,26). The lowest BCUT2D eigenvalue weighted by Gasteiger charge is -2.25. The zero-order valence-electron chi connectivity index (χ0n) is 15.5. The Morgan fingerprint density at radius 1 is 1.19 bits per heavy atom. The van der Waals surface area contributed by atoms with Gasteiger partial charge in [0.05, 0.1) is 6.04 Å². The lowest BCUT2D eigenvalue weighted by Crippen LogP contribution is -2.47. The van der Waals surface area contributed by atoms with Gasteiger partial charge in [0.15, 0.2) is 0 Å².